The van der Waals surface area contributed by atoms with Crippen LogP contribution in [-0.4, -0.2) is 41.3 Å². The Kier molecular flexibility index (Phi) is 4.65. The van der Waals surface area contributed by atoms with Gasteiger partial charge < -0.3 is 13.9 Å². The number of nitrogens with zero attached hydrogens (tertiary/aromatic N) is 2. The number of ether oxygens (including phenoxy) is 2. The lowest BCUT2D eigenvalue weighted by atomic mass is 10.0. The summed E-state index contributed by atoms with van der Waals surface area (Å²) in [6, 6.07) is 10.4. The Morgan fingerprint density at radius 3 is 3.04 bits per heavy atom. The van der Waals surface area contributed by atoms with Gasteiger partial charge in [0.05, 0.1) is 24.9 Å². The smallest absolute Gasteiger partial charge is 0.118 e. The highest BCUT2D eigenvalue weighted by Gasteiger charge is 2.44. The van der Waals surface area contributed by atoms with Crippen LogP contribution in [0.1, 0.15) is 30.1 Å². The zero-order valence-corrected chi connectivity index (χ0v) is 14.1. The number of rotatable bonds is 5. The number of furan rings is 1. The molecule has 0 aromatic carbocycles. The van der Waals surface area contributed by atoms with Crippen LogP contribution in [0.4, 0.5) is 0 Å². The van der Waals surface area contributed by atoms with Crippen molar-refractivity contribution < 1.29 is 13.9 Å². The van der Waals surface area contributed by atoms with Crippen LogP contribution in [-0.2, 0) is 22.6 Å². The second-order valence-corrected chi connectivity index (χ2v) is 6.66. The van der Waals surface area contributed by atoms with Gasteiger partial charge in [0, 0.05) is 25.4 Å². The van der Waals surface area contributed by atoms with Crippen molar-refractivity contribution in [2.45, 2.75) is 51.2 Å². The number of fused-ring (bicyclic) bond motifs is 1. The molecule has 3 atom stereocenters. The molecule has 2 fully saturated rings. The molecule has 0 radical (unpaired) electrons. The van der Waals surface area contributed by atoms with Crippen LogP contribution in [0.2, 0.25) is 0 Å². The number of hydrogen-bond donors (Lipinski definition) is 0. The predicted octanol–water partition coefficient (Wildman–Crippen LogP) is 2.93. The van der Waals surface area contributed by atoms with E-state index >= 15 is 0 Å². The van der Waals surface area contributed by atoms with Crippen molar-refractivity contribution in [1.82, 2.24) is 9.88 Å². The first-order valence-electron chi connectivity index (χ1n) is 8.72. The standard InChI is InChI=1S/C19H24N2O3/c1-14-7-8-16(24-14)11-21-12-18(19-17(21)6-4-10-22-19)23-13-15-5-2-3-9-20-15/h2-3,5,7-9,17-19H,4,6,10-13H2,1H3/t17-,18+,19+/m0/s1. The van der Waals surface area contributed by atoms with Gasteiger partial charge in [0.2, 0.25) is 0 Å². The molecule has 2 aromatic heterocycles. The summed E-state index contributed by atoms with van der Waals surface area (Å²) >= 11 is 0. The Morgan fingerprint density at radius 2 is 2.25 bits per heavy atom. The Bertz CT molecular complexity index is 658. The lowest BCUT2D eigenvalue weighted by Gasteiger charge is -2.32. The highest BCUT2D eigenvalue weighted by molar-refractivity contribution is 5.08. The normalized spacial score (nSPS) is 27.3. The number of aryl methyl sites for hydroxylation is 1. The number of hydrogen-bond acceptors (Lipinski definition) is 5. The minimum absolute atomic E-state index is 0.0911. The average molecular weight is 328 g/mol. The molecule has 4 rings (SSSR count). The van der Waals surface area contributed by atoms with E-state index in [1.165, 1.54) is 0 Å². The van der Waals surface area contributed by atoms with Crippen molar-refractivity contribution in [3.63, 3.8) is 0 Å². The van der Waals surface area contributed by atoms with E-state index in [2.05, 4.69) is 16.0 Å². The molecule has 24 heavy (non-hydrogen) atoms. The molecular weight excluding hydrogens is 304 g/mol. The molecule has 0 aliphatic carbocycles. The largest absolute Gasteiger partial charge is 0.465 e. The summed E-state index contributed by atoms with van der Waals surface area (Å²) in [5.41, 5.74) is 0.963. The molecule has 2 aliphatic rings. The van der Waals surface area contributed by atoms with Crippen LogP contribution in [0.3, 0.4) is 0 Å². The van der Waals surface area contributed by atoms with Crippen LogP contribution < -0.4 is 0 Å². The van der Waals surface area contributed by atoms with Crippen LogP contribution in [0.15, 0.2) is 40.9 Å². The van der Waals surface area contributed by atoms with Crippen molar-refractivity contribution in [3.05, 3.63) is 53.7 Å². The Hall–Kier alpha value is -1.69. The summed E-state index contributed by atoms with van der Waals surface area (Å²) in [5, 5.41) is 0. The van der Waals surface area contributed by atoms with E-state index in [4.69, 9.17) is 13.9 Å². The van der Waals surface area contributed by atoms with Gasteiger partial charge in [-0.3, -0.25) is 9.88 Å². The topological polar surface area (TPSA) is 47.7 Å². The third-order valence-corrected chi connectivity index (χ3v) is 4.91. The Labute approximate surface area is 142 Å². The summed E-state index contributed by atoms with van der Waals surface area (Å²) < 4.78 is 18.0. The quantitative estimate of drug-likeness (QED) is 0.844. The SMILES string of the molecule is Cc1ccc(CN2C[C@@H](OCc3ccccn3)[C@@H]3OCCC[C@@H]32)o1. The summed E-state index contributed by atoms with van der Waals surface area (Å²) in [5.74, 6) is 1.98. The van der Waals surface area contributed by atoms with Crippen LogP contribution >= 0.6 is 0 Å². The molecule has 2 aliphatic heterocycles. The van der Waals surface area contributed by atoms with E-state index < -0.39 is 0 Å². The maximum Gasteiger partial charge on any atom is 0.118 e. The van der Waals surface area contributed by atoms with Gasteiger partial charge in [0.1, 0.15) is 17.6 Å². The van der Waals surface area contributed by atoms with E-state index in [1.54, 1.807) is 6.20 Å². The molecule has 5 heteroatoms. The summed E-state index contributed by atoms with van der Waals surface area (Å²) in [6.45, 7) is 5.05. The molecule has 128 valence electrons. The molecule has 0 bridgehead atoms. The third-order valence-electron chi connectivity index (χ3n) is 4.91. The van der Waals surface area contributed by atoms with Crippen LogP contribution in [0, 0.1) is 6.92 Å². The van der Waals surface area contributed by atoms with Gasteiger partial charge in [-0.2, -0.15) is 0 Å². The maximum absolute atomic E-state index is 6.17. The third kappa shape index (κ3) is 3.38. The highest BCUT2D eigenvalue weighted by atomic mass is 16.5. The Balaban J connectivity index is 1.42. The van der Waals surface area contributed by atoms with E-state index in [-0.39, 0.29) is 12.2 Å². The van der Waals surface area contributed by atoms with E-state index in [1.807, 2.05) is 31.2 Å². The first kappa shape index (κ1) is 15.8. The molecular formula is C19H24N2O3. The van der Waals surface area contributed by atoms with Crippen molar-refractivity contribution in [1.29, 1.82) is 0 Å². The fraction of sp³-hybridized carbons (Fsp3) is 0.526. The molecule has 0 saturated carbocycles. The van der Waals surface area contributed by atoms with E-state index in [0.717, 1.165) is 49.8 Å². The minimum Gasteiger partial charge on any atom is -0.465 e. The minimum atomic E-state index is 0.0911. The van der Waals surface area contributed by atoms with Gasteiger partial charge in [-0.25, -0.2) is 0 Å². The summed E-state index contributed by atoms with van der Waals surface area (Å²) in [6.07, 6.45) is 4.32. The molecule has 2 aromatic rings. The lowest BCUT2D eigenvalue weighted by Crippen LogP contribution is -2.41. The van der Waals surface area contributed by atoms with Crippen molar-refractivity contribution in [2.24, 2.45) is 0 Å². The predicted molar refractivity (Wildman–Crippen MR) is 89.4 cm³/mol. The highest BCUT2D eigenvalue weighted by Crippen LogP contribution is 2.32. The average Bonchev–Trinajstić information content (AvgIpc) is 3.18. The van der Waals surface area contributed by atoms with E-state index in [0.29, 0.717) is 12.6 Å². The molecule has 5 nitrogen and oxygen atoms in total. The molecule has 0 spiro atoms. The van der Waals surface area contributed by atoms with Gasteiger partial charge in [0.25, 0.3) is 0 Å². The number of likely N-dealkylation sites (tertiary alicyclic amines) is 1. The lowest BCUT2D eigenvalue weighted by molar-refractivity contribution is -0.0825. The van der Waals surface area contributed by atoms with Gasteiger partial charge in [-0.1, -0.05) is 6.07 Å². The fourth-order valence-corrected chi connectivity index (χ4v) is 3.78. The molecule has 0 N–H and O–H groups in total. The Morgan fingerprint density at radius 1 is 1.29 bits per heavy atom. The monoisotopic (exact) mass is 328 g/mol. The van der Waals surface area contributed by atoms with Crippen molar-refractivity contribution in [2.75, 3.05) is 13.2 Å². The number of pyridine rings is 1. The van der Waals surface area contributed by atoms with Crippen LogP contribution in [0.5, 0.6) is 0 Å². The second kappa shape index (κ2) is 7.05. The van der Waals surface area contributed by atoms with Crippen molar-refractivity contribution >= 4 is 0 Å². The number of aromatic nitrogens is 1. The zero-order chi connectivity index (χ0) is 16.4. The van der Waals surface area contributed by atoms with Gasteiger partial charge in [-0.05, 0) is 44.0 Å². The molecule has 0 amide bonds. The molecule has 4 heterocycles. The van der Waals surface area contributed by atoms with Gasteiger partial charge in [0.15, 0.2) is 0 Å². The maximum atomic E-state index is 6.17. The van der Waals surface area contributed by atoms with Crippen molar-refractivity contribution in [3.8, 4) is 0 Å². The molecule has 2 saturated heterocycles. The fourth-order valence-electron chi connectivity index (χ4n) is 3.78. The van der Waals surface area contributed by atoms with Gasteiger partial charge >= 0.3 is 0 Å². The summed E-state index contributed by atoms with van der Waals surface area (Å²) in [4.78, 5) is 6.79. The first-order chi connectivity index (χ1) is 11.8. The first-order valence-corrected chi connectivity index (χ1v) is 8.72. The van der Waals surface area contributed by atoms with Crippen LogP contribution in [0.25, 0.3) is 0 Å². The molecule has 0 unspecified atom stereocenters. The zero-order valence-electron chi connectivity index (χ0n) is 14.1. The van der Waals surface area contributed by atoms with E-state index in [9.17, 15) is 0 Å². The summed E-state index contributed by atoms with van der Waals surface area (Å²) in [7, 11) is 0. The second-order valence-electron chi connectivity index (χ2n) is 6.66. The van der Waals surface area contributed by atoms with Gasteiger partial charge in [-0.15, -0.1) is 0 Å².